The van der Waals surface area contributed by atoms with Crippen LogP contribution in [-0.4, -0.2) is 78.5 Å². The van der Waals surface area contributed by atoms with E-state index in [0.29, 0.717) is 18.2 Å². The molecule has 2 fully saturated rings. The van der Waals surface area contributed by atoms with Crippen LogP contribution in [0.5, 0.6) is 0 Å². The molecule has 2 heterocycles. The van der Waals surface area contributed by atoms with Gasteiger partial charge in [0.15, 0.2) is 0 Å². The summed E-state index contributed by atoms with van der Waals surface area (Å²) in [5, 5.41) is 3.93. The standard InChI is InChI=1S/C13H21N5O4/c14-15-4-6-17-9-7-16(8-10-17)5-3-13(21)22-18-11(19)1-2-12(18)20/h14H,1-10H2. The predicted molar refractivity (Wildman–Crippen MR) is 74.7 cm³/mol. The number of carbonyl (C=O) groups excluding carboxylic acids is 3. The van der Waals surface area contributed by atoms with Crippen LogP contribution >= 0.6 is 0 Å². The van der Waals surface area contributed by atoms with Crippen molar-refractivity contribution in [3.63, 3.8) is 0 Å². The molecule has 1 N–H and O–H groups in total. The average Bonchev–Trinajstić information content (AvgIpc) is 2.84. The summed E-state index contributed by atoms with van der Waals surface area (Å²) < 4.78 is 0. The van der Waals surface area contributed by atoms with E-state index in [-0.39, 0.29) is 19.3 Å². The van der Waals surface area contributed by atoms with E-state index in [2.05, 4.69) is 14.9 Å². The Kier molecular flexibility index (Phi) is 5.96. The first-order valence-electron chi connectivity index (χ1n) is 7.44. The highest BCUT2D eigenvalue weighted by atomic mass is 16.7. The lowest BCUT2D eigenvalue weighted by atomic mass is 10.3. The molecule has 0 aromatic rings. The number of hydroxylamine groups is 2. The van der Waals surface area contributed by atoms with Gasteiger partial charge >= 0.3 is 5.97 Å². The number of imide groups is 1. The van der Waals surface area contributed by atoms with Gasteiger partial charge in [-0.15, -0.1) is 5.06 Å². The first-order valence-corrected chi connectivity index (χ1v) is 7.44. The molecular formula is C13H21N5O4. The van der Waals surface area contributed by atoms with Crippen molar-refractivity contribution >= 4 is 17.8 Å². The van der Waals surface area contributed by atoms with E-state index in [9.17, 15) is 14.4 Å². The highest BCUT2D eigenvalue weighted by molar-refractivity contribution is 6.01. The van der Waals surface area contributed by atoms with Crippen molar-refractivity contribution in [1.29, 1.82) is 5.53 Å². The van der Waals surface area contributed by atoms with E-state index in [1.807, 2.05) is 0 Å². The second-order valence-electron chi connectivity index (χ2n) is 5.36. The van der Waals surface area contributed by atoms with Crippen LogP contribution in [0.3, 0.4) is 0 Å². The predicted octanol–water partition coefficient (Wildman–Crippen LogP) is -0.368. The van der Waals surface area contributed by atoms with Crippen LogP contribution in [-0.2, 0) is 19.2 Å². The lowest BCUT2D eigenvalue weighted by Gasteiger charge is -2.34. The molecular weight excluding hydrogens is 290 g/mol. The van der Waals surface area contributed by atoms with Gasteiger partial charge in [-0.1, -0.05) is 0 Å². The largest absolute Gasteiger partial charge is 0.334 e. The number of hydrogen-bond donors (Lipinski definition) is 1. The van der Waals surface area contributed by atoms with E-state index >= 15 is 0 Å². The molecule has 0 radical (unpaired) electrons. The zero-order valence-electron chi connectivity index (χ0n) is 12.5. The summed E-state index contributed by atoms with van der Waals surface area (Å²) in [4.78, 5) is 43.6. The first kappa shape index (κ1) is 16.5. The Morgan fingerprint density at radius 1 is 1.05 bits per heavy atom. The maximum absolute atomic E-state index is 11.7. The Bertz CT molecular complexity index is 432. The molecule has 9 heteroatoms. The molecule has 22 heavy (non-hydrogen) atoms. The number of rotatable bonds is 7. The Morgan fingerprint density at radius 3 is 2.14 bits per heavy atom. The number of carbonyl (C=O) groups is 3. The van der Waals surface area contributed by atoms with Gasteiger partial charge in [-0.25, -0.2) is 10.3 Å². The van der Waals surface area contributed by atoms with Gasteiger partial charge in [0.25, 0.3) is 11.8 Å². The number of nitrogens with one attached hydrogen (secondary N) is 1. The van der Waals surface area contributed by atoms with Crippen molar-refractivity contribution < 1.29 is 19.2 Å². The molecule has 0 atom stereocenters. The van der Waals surface area contributed by atoms with Gasteiger partial charge in [0.2, 0.25) is 0 Å². The van der Waals surface area contributed by atoms with Crippen molar-refractivity contribution in [2.24, 2.45) is 5.11 Å². The van der Waals surface area contributed by atoms with Crippen LogP contribution < -0.4 is 0 Å². The van der Waals surface area contributed by atoms with E-state index in [1.54, 1.807) is 0 Å². The molecule has 0 aromatic carbocycles. The summed E-state index contributed by atoms with van der Waals surface area (Å²) in [7, 11) is 0. The molecule has 0 aliphatic carbocycles. The van der Waals surface area contributed by atoms with Gasteiger partial charge in [0, 0.05) is 52.1 Å². The zero-order chi connectivity index (χ0) is 15.9. The summed E-state index contributed by atoms with van der Waals surface area (Å²) in [6.45, 7) is 5.30. The van der Waals surface area contributed by atoms with Gasteiger partial charge in [0.05, 0.1) is 13.0 Å². The maximum atomic E-state index is 11.7. The molecule has 2 aliphatic rings. The van der Waals surface area contributed by atoms with Crippen molar-refractivity contribution in [2.75, 3.05) is 45.8 Å². The molecule has 9 nitrogen and oxygen atoms in total. The fourth-order valence-corrected chi connectivity index (χ4v) is 2.48. The molecule has 0 bridgehead atoms. The fraction of sp³-hybridized carbons (Fsp3) is 0.769. The van der Waals surface area contributed by atoms with Crippen LogP contribution in [0.1, 0.15) is 19.3 Å². The third-order valence-electron chi connectivity index (χ3n) is 3.82. The second kappa shape index (κ2) is 7.95. The van der Waals surface area contributed by atoms with Crippen LogP contribution in [0.2, 0.25) is 0 Å². The molecule has 0 aromatic heterocycles. The Balaban J connectivity index is 1.64. The molecule has 2 aliphatic heterocycles. The molecule has 0 saturated carbocycles. The topological polar surface area (TPSA) is 106 Å². The second-order valence-corrected chi connectivity index (χ2v) is 5.36. The van der Waals surface area contributed by atoms with Crippen molar-refractivity contribution in [1.82, 2.24) is 14.9 Å². The third kappa shape index (κ3) is 4.57. The van der Waals surface area contributed by atoms with Gasteiger partial charge in [0.1, 0.15) is 0 Å². The zero-order valence-corrected chi connectivity index (χ0v) is 12.5. The van der Waals surface area contributed by atoms with Crippen molar-refractivity contribution in [2.45, 2.75) is 19.3 Å². The Morgan fingerprint density at radius 2 is 1.59 bits per heavy atom. The monoisotopic (exact) mass is 311 g/mol. The smallest absolute Gasteiger partial charge is 0.330 e. The lowest BCUT2D eigenvalue weighted by molar-refractivity contribution is -0.197. The van der Waals surface area contributed by atoms with E-state index in [4.69, 9.17) is 10.4 Å². The van der Waals surface area contributed by atoms with E-state index < -0.39 is 17.8 Å². The summed E-state index contributed by atoms with van der Waals surface area (Å²) >= 11 is 0. The van der Waals surface area contributed by atoms with Gasteiger partial charge in [-0.05, 0) is 0 Å². The van der Waals surface area contributed by atoms with Crippen molar-refractivity contribution in [3.05, 3.63) is 0 Å². The van der Waals surface area contributed by atoms with Gasteiger partial charge < -0.3 is 9.74 Å². The van der Waals surface area contributed by atoms with E-state index in [1.165, 1.54) is 0 Å². The number of piperazine rings is 1. The van der Waals surface area contributed by atoms with Gasteiger partial charge in [-0.2, -0.15) is 5.11 Å². The average molecular weight is 311 g/mol. The fourth-order valence-electron chi connectivity index (χ4n) is 2.48. The minimum atomic E-state index is -0.556. The highest BCUT2D eigenvalue weighted by Crippen LogP contribution is 2.13. The molecule has 122 valence electrons. The van der Waals surface area contributed by atoms with Gasteiger partial charge in [-0.3, -0.25) is 14.5 Å². The number of hydrogen-bond acceptors (Lipinski definition) is 8. The van der Waals surface area contributed by atoms with E-state index in [0.717, 1.165) is 32.7 Å². The Hall–Kier alpha value is -1.87. The lowest BCUT2D eigenvalue weighted by Crippen LogP contribution is -2.47. The highest BCUT2D eigenvalue weighted by Gasteiger charge is 2.32. The van der Waals surface area contributed by atoms with Crippen LogP contribution in [0.4, 0.5) is 0 Å². The van der Waals surface area contributed by atoms with Crippen LogP contribution in [0, 0.1) is 5.53 Å². The van der Waals surface area contributed by atoms with Crippen molar-refractivity contribution in [3.8, 4) is 0 Å². The minimum absolute atomic E-state index is 0.110. The van der Waals surface area contributed by atoms with Crippen LogP contribution in [0.25, 0.3) is 0 Å². The normalized spacial score (nSPS) is 20.5. The summed E-state index contributed by atoms with van der Waals surface area (Å²) in [5.41, 5.74) is 6.78. The SMILES string of the molecule is N=NCCN1CCN(CCC(=O)ON2C(=O)CCC2=O)CC1. The Labute approximate surface area is 128 Å². The number of nitrogens with zero attached hydrogens (tertiary/aromatic N) is 4. The third-order valence-corrected chi connectivity index (χ3v) is 3.82. The molecule has 0 unspecified atom stereocenters. The number of amides is 2. The maximum Gasteiger partial charge on any atom is 0.334 e. The summed E-state index contributed by atoms with van der Waals surface area (Å²) in [6, 6.07) is 0. The molecule has 0 spiro atoms. The first-order chi connectivity index (χ1) is 10.6. The molecule has 2 rings (SSSR count). The van der Waals surface area contributed by atoms with Crippen LogP contribution in [0.15, 0.2) is 5.11 Å². The molecule has 2 saturated heterocycles. The minimum Gasteiger partial charge on any atom is -0.330 e. The summed E-state index contributed by atoms with van der Waals surface area (Å²) in [6.07, 6.45) is 0.371. The quantitative estimate of drug-likeness (QED) is 0.508. The molecule has 2 amide bonds. The summed E-state index contributed by atoms with van der Waals surface area (Å²) in [5.74, 6) is -1.46.